The van der Waals surface area contributed by atoms with E-state index in [4.69, 9.17) is 9.84 Å². The number of pyridine rings is 1. The van der Waals surface area contributed by atoms with Crippen LogP contribution in [0.5, 0.6) is 5.75 Å². The molecule has 0 spiro atoms. The molecule has 0 saturated heterocycles. The number of hydrogen-bond acceptors (Lipinski definition) is 3. The number of carboxylic acids is 1. The van der Waals surface area contributed by atoms with Gasteiger partial charge in [-0.05, 0) is 29.3 Å². The molecular weight excluding hydrogens is 351 g/mol. The Kier molecular flexibility index (Phi) is 4.41. The van der Waals surface area contributed by atoms with E-state index in [1.54, 1.807) is 0 Å². The van der Waals surface area contributed by atoms with Crippen molar-refractivity contribution in [2.45, 2.75) is 6.42 Å². The lowest BCUT2D eigenvalue weighted by molar-refractivity contribution is 0.0695. The second kappa shape index (κ2) is 6.55. The Morgan fingerprint density at radius 1 is 1.19 bits per heavy atom. The lowest BCUT2D eigenvalue weighted by Gasteiger charge is -2.09. The molecule has 0 aliphatic rings. The summed E-state index contributed by atoms with van der Waals surface area (Å²) < 4.78 is 47.6. The summed E-state index contributed by atoms with van der Waals surface area (Å²) in [5.74, 6) is -4.15. The van der Waals surface area contributed by atoms with Gasteiger partial charge in [0, 0.05) is 12.6 Å². The average molecular weight is 363 g/mol. The van der Waals surface area contributed by atoms with Crippen molar-refractivity contribution in [3.63, 3.8) is 0 Å². The molecule has 0 amide bonds. The Labute approximate surface area is 144 Å². The SMILES string of the molecule is COc1ccc(Cc2cc(F)c3c(=O)c(C(=O)O)c[nH]c3c2F)cc1F. The zero-order chi connectivity index (χ0) is 19.0. The molecule has 0 radical (unpaired) electrons. The first-order valence-electron chi connectivity index (χ1n) is 7.41. The number of methoxy groups -OCH3 is 1. The average Bonchev–Trinajstić information content (AvgIpc) is 2.59. The molecule has 0 fully saturated rings. The second-order valence-corrected chi connectivity index (χ2v) is 5.56. The van der Waals surface area contributed by atoms with E-state index < -0.39 is 45.3 Å². The highest BCUT2D eigenvalue weighted by molar-refractivity contribution is 5.92. The maximum atomic E-state index is 14.7. The Morgan fingerprint density at radius 2 is 1.92 bits per heavy atom. The predicted molar refractivity (Wildman–Crippen MR) is 87.2 cm³/mol. The van der Waals surface area contributed by atoms with Crippen molar-refractivity contribution in [1.29, 1.82) is 0 Å². The van der Waals surface area contributed by atoms with Gasteiger partial charge < -0.3 is 14.8 Å². The molecule has 0 bridgehead atoms. The highest BCUT2D eigenvalue weighted by atomic mass is 19.1. The fourth-order valence-corrected chi connectivity index (χ4v) is 2.71. The first-order chi connectivity index (χ1) is 12.3. The third kappa shape index (κ3) is 2.90. The largest absolute Gasteiger partial charge is 0.494 e. The summed E-state index contributed by atoms with van der Waals surface area (Å²) in [7, 11) is 1.30. The van der Waals surface area contributed by atoms with Crippen LogP contribution in [0.1, 0.15) is 21.5 Å². The maximum Gasteiger partial charge on any atom is 0.341 e. The number of aromatic nitrogens is 1. The fraction of sp³-hybridized carbons (Fsp3) is 0.111. The second-order valence-electron chi connectivity index (χ2n) is 5.56. The summed E-state index contributed by atoms with van der Waals surface area (Å²) in [6.45, 7) is 0. The van der Waals surface area contributed by atoms with E-state index in [0.29, 0.717) is 5.56 Å². The Balaban J connectivity index is 2.12. The molecule has 1 aromatic heterocycles. The van der Waals surface area contributed by atoms with Crippen molar-refractivity contribution >= 4 is 16.9 Å². The maximum absolute atomic E-state index is 14.7. The van der Waals surface area contributed by atoms with Crippen LogP contribution in [-0.4, -0.2) is 23.2 Å². The minimum atomic E-state index is -1.55. The van der Waals surface area contributed by atoms with Crippen LogP contribution in [-0.2, 0) is 6.42 Å². The number of benzene rings is 2. The molecule has 26 heavy (non-hydrogen) atoms. The highest BCUT2D eigenvalue weighted by Crippen LogP contribution is 2.25. The predicted octanol–water partition coefficient (Wildman–Crippen LogP) is 3.24. The van der Waals surface area contributed by atoms with Gasteiger partial charge in [0.25, 0.3) is 0 Å². The van der Waals surface area contributed by atoms with Crippen LogP contribution in [0.25, 0.3) is 10.9 Å². The van der Waals surface area contributed by atoms with E-state index in [9.17, 15) is 22.8 Å². The van der Waals surface area contributed by atoms with Crippen LogP contribution in [0.15, 0.2) is 35.3 Å². The third-order valence-corrected chi connectivity index (χ3v) is 3.96. The molecule has 3 aromatic rings. The zero-order valence-electron chi connectivity index (χ0n) is 13.4. The summed E-state index contributed by atoms with van der Waals surface area (Å²) >= 11 is 0. The van der Waals surface area contributed by atoms with Gasteiger partial charge in [-0.25, -0.2) is 18.0 Å². The molecule has 1 heterocycles. The number of ether oxygens (including phenoxy) is 1. The lowest BCUT2D eigenvalue weighted by Crippen LogP contribution is -2.17. The molecule has 0 unspecified atom stereocenters. The molecule has 8 heteroatoms. The quantitative estimate of drug-likeness (QED) is 0.746. The monoisotopic (exact) mass is 363 g/mol. The fourth-order valence-electron chi connectivity index (χ4n) is 2.71. The molecule has 134 valence electrons. The first kappa shape index (κ1) is 17.5. The molecule has 0 atom stereocenters. The normalized spacial score (nSPS) is 10.9. The van der Waals surface area contributed by atoms with E-state index in [1.807, 2.05) is 0 Å². The van der Waals surface area contributed by atoms with Crippen molar-refractivity contribution in [3.8, 4) is 5.75 Å². The molecule has 2 aromatic carbocycles. The Bertz CT molecular complexity index is 1090. The minimum absolute atomic E-state index is 0.0180. The van der Waals surface area contributed by atoms with E-state index >= 15 is 0 Å². The molecule has 3 rings (SSSR count). The van der Waals surface area contributed by atoms with Gasteiger partial charge in [-0.15, -0.1) is 0 Å². The van der Waals surface area contributed by atoms with Gasteiger partial charge in [-0.1, -0.05) is 6.07 Å². The standard InChI is InChI=1S/C18H12F3NO4/c1-26-13-3-2-8(5-11(13)19)4-9-6-12(20)14-16(15(9)21)22-7-10(17(14)23)18(24)25/h2-3,5-7H,4H2,1H3,(H,22,23)(H,24,25). The van der Waals surface area contributed by atoms with Crippen molar-refractivity contribution in [3.05, 3.63) is 74.8 Å². The summed E-state index contributed by atoms with van der Waals surface area (Å²) in [6.07, 6.45) is 0.675. The van der Waals surface area contributed by atoms with Gasteiger partial charge >= 0.3 is 5.97 Å². The highest BCUT2D eigenvalue weighted by Gasteiger charge is 2.20. The number of carboxylic acid groups (broad SMARTS) is 1. The molecular formula is C18H12F3NO4. The van der Waals surface area contributed by atoms with Gasteiger partial charge in [0.2, 0.25) is 5.43 Å². The van der Waals surface area contributed by atoms with Crippen LogP contribution >= 0.6 is 0 Å². The topological polar surface area (TPSA) is 79.4 Å². The van der Waals surface area contributed by atoms with Crippen LogP contribution in [0.3, 0.4) is 0 Å². The number of H-pyrrole nitrogens is 1. The molecule has 5 nitrogen and oxygen atoms in total. The van der Waals surface area contributed by atoms with Crippen molar-refractivity contribution in [1.82, 2.24) is 4.98 Å². The van der Waals surface area contributed by atoms with Gasteiger partial charge in [0.1, 0.15) is 11.4 Å². The number of aromatic carboxylic acids is 1. The summed E-state index contributed by atoms with van der Waals surface area (Å²) in [6, 6.07) is 4.80. The molecule has 0 aliphatic heterocycles. The summed E-state index contributed by atoms with van der Waals surface area (Å²) in [5, 5.41) is 8.25. The number of fused-ring (bicyclic) bond motifs is 1. The van der Waals surface area contributed by atoms with Crippen LogP contribution in [0.4, 0.5) is 13.2 Å². The van der Waals surface area contributed by atoms with E-state index in [2.05, 4.69) is 4.98 Å². The van der Waals surface area contributed by atoms with Crippen LogP contribution < -0.4 is 10.2 Å². The molecule has 0 saturated carbocycles. The van der Waals surface area contributed by atoms with Crippen molar-refractivity contribution in [2.24, 2.45) is 0 Å². The van der Waals surface area contributed by atoms with E-state index in [1.165, 1.54) is 19.2 Å². The minimum Gasteiger partial charge on any atom is -0.494 e. The number of aromatic amines is 1. The summed E-state index contributed by atoms with van der Waals surface area (Å²) in [5.41, 5.74) is -2.00. The number of carbonyl (C=O) groups is 1. The zero-order valence-corrected chi connectivity index (χ0v) is 13.4. The van der Waals surface area contributed by atoms with E-state index in [0.717, 1.165) is 18.3 Å². The smallest absolute Gasteiger partial charge is 0.341 e. The molecule has 2 N–H and O–H groups in total. The van der Waals surface area contributed by atoms with Gasteiger partial charge in [0.15, 0.2) is 17.4 Å². The number of halogens is 3. The number of nitrogens with one attached hydrogen (secondary N) is 1. The van der Waals surface area contributed by atoms with Crippen LogP contribution in [0.2, 0.25) is 0 Å². The first-order valence-corrected chi connectivity index (χ1v) is 7.41. The molecule has 0 aliphatic carbocycles. The van der Waals surface area contributed by atoms with Crippen LogP contribution in [0, 0.1) is 17.5 Å². The van der Waals surface area contributed by atoms with E-state index in [-0.39, 0.29) is 17.7 Å². The van der Waals surface area contributed by atoms with Crippen molar-refractivity contribution in [2.75, 3.05) is 7.11 Å². The number of hydrogen-bond donors (Lipinski definition) is 2. The summed E-state index contributed by atoms with van der Waals surface area (Å²) in [4.78, 5) is 25.3. The van der Waals surface area contributed by atoms with Gasteiger partial charge in [-0.2, -0.15) is 0 Å². The van der Waals surface area contributed by atoms with Gasteiger partial charge in [0.05, 0.1) is 18.0 Å². The Morgan fingerprint density at radius 3 is 2.54 bits per heavy atom. The lowest BCUT2D eigenvalue weighted by atomic mass is 10.0. The number of rotatable bonds is 4. The Hall–Kier alpha value is -3.29. The third-order valence-electron chi connectivity index (χ3n) is 3.96. The van der Waals surface area contributed by atoms with Gasteiger partial charge in [-0.3, -0.25) is 4.79 Å². The van der Waals surface area contributed by atoms with Crippen molar-refractivity contribution < 1.29 is 27.8 Å².